The average Bonchev–Trinajstić information content (AvgIpc) is 2.77. The Morgan fingerprint density at radius 1 is 1.44 bits per heavy atom. The molecule has 0 aliphatic carbocycles. The fourth-order valence-corrected chi connectivity index (χ4v) is 3.80. The minimum Gasteiger partial charge on any atom is -0.398 e. The van der Waals surface area contributed by atoms with Crippen LogP contribution in [-0.2, 0) is 10.0 Å². The molecule has 1 saturated heterocycles. The minimum absolute atomic E-state index is 0.0247. The number of nitrogens with two attached hydrogens (primary N) is 2. The molecule has 1 aliphatic rings. The number of rotatable bonds is 4. The summed E-state index contributed by atoms with van der Waals surface area (Å²) in [6.07, 6.45) is 2.49. The van der Waals surface area contributed by atoms with Gasteiger partial charge in [0.05, 0.1) is 5.69 Å². The lowest BCUT2D eigenvalue weighted by Gasteiger charge is -2.12. The Labute approximate surface area is 111 Å². The molecule has 0 aromatic heterocycles. The van der Waals surface area contributed by atoms with Crippen LogP contribution in [0, 0.1) is 0 Å². The zero-order valence-corrected chi connectivity index (χ0v) is 11.6. The number of primary sulfonamides is 1. The average molecular weight is 287 g/mol. The van der Waals surface area contributed by atoms with Gasteiger partial charge in [0.15, 0.2) is 0 Å². The van der Waals surface area contributed by atoms with Gasteiger partial charge >= 0.3 is 0 Å². The molecule has 5 N–H and O–H groups in total. The second-order valence-corrected chi connectivity index (χ2v) is 7.25. The molecule has 0 radical (unpaired) electrons. The monoisotopic (exact) mass is 287 g/mol. The molecule has 0 bridgehead atoms. The highest BCUT2D eigenvalue weighted by Crippen LogP contribution is 2.27. The number of thioether (sulfide) groups is 1. The van der Waals surface area contributed by atoms with Gasteiger partial charge in [0.25, 0.3) is 0 Å². The van der Waals surface area contributed by atoms with Crippen molar-refractivity contribution < 1.29 is 8.42 Å². The molecule has 1 atom stereocenters. The zero-order valence-electron chi connectivity index (χ0n) is 9.93. The summed E-state index contributed by atoms with van der Waals surface area (Å²) in [6.45, 7) is 0.874. The molecule has 0 saturated carbocycles. The van der Waals surface area contributed by atoms with Gasteiger partial charge in [-0.25, -0.2) is 13.6 Å². The molecule has 1 heterocycles. The number of sulfonamides is 1. The second kappa shape index (κ2) is 5.38. The first-order valence-electron chi connectivity index (χ1n) is 5.74. The van der Waals surface area contributed by atoms with Crippen LogP contribution in [0.4, 0.5) is 11.4 Å². The van der Waals surface area contributed by atoms with E-state index in [9.17, 15) is 8.42 Å². The fraction of sp³-hybridized carbons (Fsp3) is 0.455. The molecule has 0 amide bonds. The predicted molar refractivity (Wildman–Crippen MR) is 76.2 cm³/mol. The zero-order chi connectivity index (χ0) is 13.2. The van der Waals surface area contributed by atoms with Crippen LogP contribution in [0.25, 0.3) is 0 Å². The van der Waals surface area contributed by atoms with Gasteiger partial charge in [0, 0.05) is 17.5 Å². The Morgan fingerprint density at radius 3 is 2.78 bits per heavy atom. The van der Waals surface area contributed by atoms with Crippen LogP contribution in [0.5, 0.6) is 0 Å². The van der Waals surface area contributed by atoms with E-state index in [1.807, 2.05) is 11.8 Å². The molecule has 100 valence electrons. The highest BCUT2D eigenvalue weighted by atomic mass is 32.2. The second-order valence-electron chi connectivity index (χ2n) is 4.31. The number of nitrogens with one attached hydrogen (secondary N) is 1. The molecule has 0 spiro atoms. The van der Waals surface area contributed by atoms with Gasteiger partial charge in [-0.2, -0.15) is 11.8 Å². The molecule has 1 unspecified atom stereocenters. The number of hydrogen-bond acceptors (Lipinski definition) is 5. The van der Waals surface area contributed by atoms with Crippen LogP contribution in [0.2, 0.25) is 0 Å². The topological polar surface area (TPSA) is 98.2 Å². The van der Waals surface area contributed by atoms with Crippen LogP contribution in [0.3, 0.4) is 0 Å². The van der Waals surface area contributed by atoms with Crippen LogP contribution in [-0.4, -0.2) is 26.0 Å². The van der Waals surface area contributed by atoms with Crippen LogP contribution < -0.4 is 16.2 Å². The SMILES string of the molecule is Nc1cc(NCC2CCCS2)ccc1S(N)(=O)=O. The molecule has 18 heavy (non-hydrogen) atoms. The maximum atomic E-state index is 11.2. The third kappa shape index (κ3) is 3.30. The number of benzene rings is 1. The van der Waals surface area contributed by atoms with Crippen molar-refractivity contribution in [1.82, 2.24) is 0 Å². The number of hydrogen-bond donors (Lipinski definition) is 3. The first kappa shape index (κ1) is 13.5. The van der Waals surface area contributed by atoms with Gasteiger partial charge in [-0.05, 0) is 36.8 Å². The molecule has 5 nitrogen and oxygen atoms in total. The van der Waals surface area contributed by atoms with Gasteiger partial charge in [0.2, 0.25) is 10.0 Å². The van der Waals surface area contributed by atoms with Crippen molar-refractivity contribution in [2.45, 2.75) is 23.0 Å². The summed E-state index contributed by atoms with van der Waals surface area (Å²) in [5.41, 5.74) is 6.70. The number of anilines is 2. The van der Waals surface area contributed by atoms with E-state index in [1.165, 1.54) is 24.7 Å². The summed E-state index contributed by atoms with van der Waals surface area (Å²) in [5, 5.41) is 8.95. The molecule has 1 aromatic rings. The number of nitrogen functional groups attached to an aromatic ring is 1. The lowest BCUT2D eigenvalue weighted by atomic mass is 10.2. The molecule has 1 aliphatic heterocycles. The van der Waals surface area contributed by atoms with Crippen molar-refractivity contribution in [3.8, 4) is 0 Å². The Kier molecular flexibility index (Phi) is 4.04. The lowest BCUT2D eigenvalue weighted by Crippen LogP contribution is -2.16. The maximum absolute atomic E-state index is 11.2. The molecule has 1 aromatic carbocycles. The Morgan fingerprint density at radius 2 is 2.22 bits per heavy atom. The summed E-state index contributed by atoms with van der Waals surface area (Å²) in [6, 6.07) is 4.74. The largest absolute Gasteiger partial charge is 0.398 e. The normalized spacial score (nSPS) is 19.9. The third-order valence-corrected chi connectivity index (χ3v) is 5.26. The van der Waals surface area contributed by atoms with Gasteiger partial charge in [-0.15, -0.1) is 0 Å². The smallest absolute Gasteiger partial charge is 0.240 e. The van der Waals surface area contributed by atoms with E-state index < -0.39 is 10.0 Å². The van der Waals surface area contributed by atoms with Gasteiger partial charge in [-0.1, -0.05) is 0 Å². The van der Waals surface area contributed by atoms with Gasteiger partial charge in [0.1, 0.15) is 4.90 Å². The summed E-state index contributed by atoms with van der Waals surface area (Å²) < 4.78 is 22.4. The highest BCUT2D eigenvalue weighted by Gasteiger charge is 2.16. The van der Waals surface area contributed by atoms with E-state index in [0.717, 1.165) is 12.2 Å². The van der Waals surface area contributed by atoms with E-state index in [2.05, 4.69) is 5.32 Å². The van der Waals surface area contributed by atoms with Gasteiger partial charge < -0.3 is 11.1 Å². The van der Waals surface area contributed by atoms with E-state index in [1.54, 1.807) is 12.1 Å². The summed E-state index contributed by atoms with van der Waals surface area (Å²) in [5.74, 6) is 1.22. The Hall–Kier alpha value is -0.920. The first-order valence-corrected chi connectivity index (χ1v) is 8.34. The summed E-state index contributed by atoms with van der Waals surface area (Å²) in [7, 11) is -3.74. The first-order chi connectivity index (χ1) is 8.47. The predicted octanol–water partition coefficient (Wildman–Crippen LogP) is 1.22. The Bertz CT molecular complexity index is 525. The molecular weight excluding hydrogens is 270 g/mol. The van der Waals surface area contributed by atoms with E-state index in [-0.39, 0.29) is 10.6 Å². The third-order valence-electron chi connectivity index (χ3n) is 2.87. The van der Waals surface area contributed by atoms with Crippen LogP contribution in [0.1, 0.15) is 12.8 Å². The highest BCUT2D eigenvalue weighted by molar-refractivity contribution is 8.00. The standard InChI is InChI=1S/C11H17N3O2S2/c12-10-6-8(3-4-11(10)18(13,15)16)14-7-9-2-1-5-17-9/h3-4,6,9,14H,1-2,5,7,12H2,(H2,13,15,16). The molecular formula is C11H17N3O2S2. The van der Waals surface area contributed by atoms with E-state index in [4.69, 9.17) is 10.9 Å². The van der Waals surface area contributed by atoms with Crippen molar-refractivity contribution in [3.63, 3.8) is 0 Å². The summed E-state index contributed by atoms with van der Waals surface area (Å²) in [4.78, 5) is -0.0247. The van der Waals surface area contributed by atoms with Crippen molar-refractivity contribution in [3.05, 3.63) is 18.2 Å². The van der Waals surface area contributed by atoms with E-state index >= 15 is 0 Å². The van der Waals surface area contributed by atoms with Crippen LogP contribution >= 0.6 is 11.8 Å². The maximum Gasteiger partial charge on any atom is 0.240 e. The molecule has 1 fully saturated rings. The fourth-order valence-electron chi connectivity index (χ4n) is 1.95. The van der Waals surface area contributed by atoms with Crippen LogP contribution in [0.15, 0.2) is 23.1 Å². The van der Waals surface area contributed by atoms with Crippen molar-refractivity contribution in [2.75, 3.05) is 23.3 Å². The quantitative estimate of drug-likeness (QED) is 0.723. The van der Waals surface area contributed by atoms with Gasteiger partial charge in [-0.3, -0.25) is 0 Å². The minimum atomic E-state index is -3.74. The molecule has 7 heteroatoms. The lowest BCUT2D eigenvalue weighted by molar-refractivity contribution is 0.598. The summed E-state index contributed by atoms with van der Waals surface area (Å²) >= 11 is 1.96. The Balaban J connectivity index is 2.04. The van der Waals surface area contributed by atoms with Crippen molar-refractivity contribution >= 4 is 33.2 Å². The van der Waals surface area contributed by atoms with Crippen molar-refractivity contribution in [1.29, 1.82) is 0 Å². The van der Waals surface area contributed by atoms with E-state index in [0.29, 0.717) is 5.25 Å². The molecule has 2 rings (SSSR count). The van der Waals surface area contributed by atoms with Crippen molar-refractivity contribution in [2.24, 2.45) is 5.14 Å².